The molecule has 0 unspecified atom stereocenters. The van der Waals surface area contributed by atoms with Crippen LogP contribution in [-0.2, 0) is 0 Å². The van der Waals surface area contributed by atoms with E-state index in [-0.39, 0.29) is 0 Å². The normalized spacial score (nSPS) is 11.6. The van der Waals surface area contributed by atoms with Crippen LogP contribution in [0.15, 0.2) is 182 Å². The second-order valence-electron chi connectivity index (χ2n) is 13.3. The van der Waals surface area contributed by atoms with Crippen LogP contribution >= 0.6 is 0 Å². The molecule has 3 heterocycles. The van der Waals surface area contributed by atoms with E-state index in [1.54, 1.807) is 0 Å². The minimum absolute atomic E-state index is 0.953. The largest absolute Gasteiger partial charge is 0.309 e. The molecule has 10 aromatic rings. The number of rotatable bonds is 5. The fraction of sp³-hybridized carbons (Fsp3) is 0.0208. The van der Waals surface area contributed by atoms with Gasteiger partial charge in [-0.2, -0.15) is 0 Å². The monoisotopic (exact) mass is 651 g/mol. The lowest BCUT2D eigenvalue weighted by atomic mass is 9.98. The number of hydrogen-bond donors (Lipinski definition) is 0. The Bertz CT molecular complexity index is 2900. The highest BCUT2D eigenvalue weighted by Gasteiger charge is 2.18. The molecule has 0 spiro atoms. The van der Waals surface area contributed by atoms with Crippen LogP contribution in [0.3, 0.4) is 0 Å². The maximum Gasteiger partial charge on any atom is 0.141 e. The van der Waals surface area contributed by atoms with E-state index in [1.165, 1.54) is 71.6 Å². The molecule has 0 fully saturated rings. The van der Waals surface area contributed by atoms with E-state index in [4.69, 9.17) is 4.98 Å². The first-order valence-corrected chi connectivity index (χ1v) is 17.5. The third-order valence-corrected chi connectivity index (χ3v) is 10.4. The highest BCUT2D eigenvalue weighted by molar-refractivity contribution is 6.12. The Morgan fingerprint density at radius 2 is 0.843 bits per heavy atom. The number of aromatic nitrogens is 3. The van der Waals surface area contributed by atoms with Crippen molar-refractivity contribution in [2.75, 3.05) is 0 Å². The highest BCUT2D eigenvalue weighted by atomic mass is 15.1. The zero-order chi connectivity index (χ0) is 33.9. The Kier molecular flexibility index (Phi) is 6.71. The summed E-state index contributed by atoms with van der Waals surface area (Å²) in [5.74, 6) is 0.953. The van der Waals surface area contributed by atoms with Crippen molar-refractivity contribution in [1.82, 2.24) is 14.1 Å². The predicted molar refractivity (Wildman–Crippen MR) is 214 cm³/mol. The smallest absolute Gasteiger partial charge is 0.141 e. The van der Waals surface area contributed by atoms with Crippen molar-refractivity contribution in [2.24, 2.45) is 0 Å². The molecule has 7 aromatic carbocycles. The number of benzene rings is 7. The topological polar surface area (TPSA) is 22.8 Å². The summed E-state index contributed by atoms with van der Waals surface area (Å²) < 4.78 is 4.70. The molecule has 3 nitrogen and oxygen atoms in total. The van der Waals surface area contributed by atoms with Crippen LogP contribution in [0.25, 0.3) is 88.5 Å². The van der Waals surface area contributed by atoms with Crippen molar-refractivity contribution in [3.8, 4) is 44.9 Å². The first-order valence-electron chi connectivity index (χ1n) is 17.5. The third kappa shape index (κ3) is 4.70. The van der Waals surface area contributed by atoms with E-state index in [0.717, 1.165) is 22.4 Å². The molecular formula is C48H33N3. The summed E-state index contributed by atoms with van der Waals surface area (Å²) in [5.41, 5.74) is 14.2. The van der Waals surface area contributed by atoms with Crippen LogP contribution in [0, 0.1) is 6.92 Å². The molecule has 0 bridgehead atoms. The number of nitrogens with zero attached hydrogens (tertiary/aromatic N) is 3. The van der Waals surface area contributed by atoms with Crippen molar-refractivity contribution >= 4 is 43.6 Å². The lowest BCUT2D eigenvalue weighted by molar-refractivity contribution is 1.05. The van der Waals surface area contributed by atoms with E-state index in [2.05, 4.69) is 192 Å². The molecule has 51 heavy (non-hydrogen) atoms. The minimum atomic E-state index is 0.953. The summed E-state index contributed by atoms with van der Waals surface area (Å²) in [6.45, 7) is 2.19. The summed E-state index contributed by atoms with van der Waals surface area (Å²) in [6, 6.07) is 63.4. The zero-order valence-electron chi connectivity index (χ0n) is 28.2. The van der Waals surface area contributed by atoms with Crippen LogP contribution in [-0.4, -0.2) is 14.1 Å². The van der Waals surface area contributed by atoms with E-state index >= 15 is 0 Å². The standard InChI is InChI=1S/C48H33N3/c1-32-39(35-22-20-34(21-23-35)33-12-4-2-5-13-33)28-29-49-48(32)51-45-19-11-9-17-41(45)43-31-37(25-27-47(43)51)36-24-26-46-42(30-36)40-16-8-10-18-44(40)50(46)38-14-6-3-7-15-38/h2-31H,1H3. The van der Waals surface area contributed by atoms with Gasteiger partial charge in [-0.05, 0) is 94.9 Å². The van der Waals surface area contributed by atoms with Gasteiger partial charge >= 0.3 is 0 Å². The Labute approximate surface area is 296 Å². The molecule has 0 saturated heterocycles. The SMILES string of the molecule is Cc1c(-c2ccc(-c3ccccc3)cc2)ccnc1-n1c2ccccc2c2cc(-c3ccc4c(c3)c3ccccc3n4-c3ccccc3)ccc21. The van der Waals surface area contributed by atoms with Gasteiger partial charge in [-0.15, -0.1) is 0 Å². The predicted octanol–water partition coefficient (Wildman–Crippen LogP) is 12.6. The summed E-state index contributed by atoms with van der Waals surface area (Å²) >= 11 is 0. The molecule has 0 atom stereocenters. The zero-order valence-corrected chi connectivity index (χ0v) is 28.2. The van der Waals surface area contributed by atoms with Crippen LogP contribution in [0.4, 0.5) is 0 Å². The molecule has 0 aliphatic rings. The van der Waals surface area contributed by atoms with Gasteiger partial charge in [0, 0.05) is 39.0 Å². The van der Waals surface area contributed by atoms with E-state index in [9.17, 15) is 0 Å². The number of pyridine rings is 1. The van der Waals surface area contributed by atoms with Crippen LogP contribution in [0.5, 0.6) is 0 Å². The number of fused-ring (bicyclic) bond motifs is 6. The number of para-hydroxylation sites is 3. The maximum absolute atomic E-state index is 5.00. The molecule has 10 rings (SSSR count). The van der Waals surface area contributed by atoms with Gasteiger partial charge in [-0.25, -0.2) is 4.98 Å². The second kappa shape index (κ2) is 11.7. The van der Waals surface area contributed by atoms with Crippen LogP contribution in [0.2, 0.25) is 0 Å². The average Bonchev–Trinajstić information content (AvgIpc) is 3.71. The molecule has 240 valence electrons. The van der Waals surface area contributed by atoms with E-state index in [1.807, 2.05) is 6.20 Å². The molecule has 0 radical (unpaired) electrons. The van der Waals surface area contributed by atoms with Gasteiger partial charge < -0.3 is 4.57 Å². The fourth-order valence-electron chi connectivity index (χ4n) is 7.92. The van der Waals surface area contributed by atoms with Gasteiger partial charge in [-0.1, -0.05) is 121 Å². The lowest BCUT2D eigenvalue weighted by Crippen LogP contribution is -2.01. The molecule has 3 aromatic heterocycles. The molecule has 0 N–H and O–H groups in total. The fourth-order valence-corrected chi connectivity index (χ4v) is 7.92. The van der Waals surface area contributed by atoms with Crippen molar-refractivity contribution in [1.29, 1.82) is 0 Å². The maximum atomic E-state index is 5.00. The summed E-state index contributed by atoms with van der Waals surface area (Å²) in [4.78, 5) is 5.00. The van der Waals surface area contributed by atoms with Crippen molar-refractivity contribution in [2.45, 2.75) is 6.92 Å². The average molecular weight is 652 g/mol. The van der Waals surface area contributed by atoms with Crippen molar-refractivity contribution in [3.05, 3.63) is 188 Å². The van der Waals surface area contributed by atoms with E-state index in [0.29, 0.717) is 0 Å². The number of hydrogen-bond acceptors (Lipinski definition) is 1. The molecule has 0 saturated carbocycles. The lowest BCUT2D eigenvalue weighted by Gasteiger charge is -2.14. The Balaban J connectivity index is 1.10. The van der Waals surface area contributed by atoms with Crippen molar-refractivity contribution in [3.63, 3.8) is 0 Å². The van der Waals surface area contributed by atoms with Crippen LogP contribution < -0.4 is 0 Å². The van der Waals surface area contributed by atoms with Gasteiger partial charge in [0.25, 0.3) is 0 Å². The van der Waals surface area contributed by atoms with Gasteiger partial charge in [0.05, 0.1) is 22.1 Å². The second-order valence-corrected chi connectivity index (χ2v) is 13.3. The van der Waals surface area contributed by atoms with Crippen LogP contribution in [0.1, 0.15) is 5.56 Å². The molecule has 0 aliphatic carbocycles. The minimum Gasteiger partial charge on any atom is -0.309 e. The first kappa shape index (κ1) is 29.2. The molecule has 0 aliphatic heterocycles. The Hall–Kier alpha value is -6.71. The Morgan fingerprint density at radius 1 is 0.373 bits per heavy atom. The summed E-state index contributed by atoms with van der Waals surface area (Å²) in [5, 5.41) is 4.94. The molecule has 3 heteroatoms. The quantitative estimate of drug-likeness (QED) is 0.182. The van der Waals surface area contributed by atoms with Gasteiger partial charge in [0.15, 0.2) is 0 Å². The first-order chi connectivity index (χ1) is 25.2. The summed E-state index contributed by atoms with van der Waals surface area (Å²) in [7, 11) is 0. The molecular weight excluding hydrogens is 619 g/mol. The van der Waals surface area contributed by atoms with Gasteiger partial charge in [0.1, 0.15) is 5.82 Å². The Morgan fingerprint density at radius 3 is 1.49 bits per heavy atom. The van der Waals surface area contributed by atoms with Gasteiger partial charge in [0.2, 0.25) is 0 Å². The summed E-state index contributed by atoms with van der Waals surface area (Å²) in [6.07, 6.45) is 1.94. The van der Waals surface area contributed by atoms with Gasteiger partial charge in [-0.3, -0.25) is 4.57 Å². The van der Waals surface area contributed by atoms with Crippen molar-refractivity contribution < 1.29 is 0 Å². The molecule has 0 amide bonds. The highest BCUT2D eigenvalue weighted by Crippen LogP contribution is 2.39. The van der Waals surface area contributed by atoms with E-state index < -0.39 is 0 Å². The third-order valence-electron chi connectivity index (χ3n) is 10.4.